The zero-order chi connectivity index (χ0) is 14.0. The molecule has 0 amide bonds. The summed E-state index contributed by atoms with van der Waals surface area (Å²) in [5.74, 6) is 1.33. The minimum Gasteiger partial charge on any atom is -0.355 e. The summed E-state index contributed by atoms with van der Waals surface area (Å²) < 4.78 is 0. The van der Waals surface area contributed by atoms with Crippen LogP contribution >= 0.6 is 23.2 Å². The van der Waals surface area contributed by atoms with Crippen LogP contribution in [0.3, 0.4) is 0 Å². The fraction of sp³-hybridized carbons (Fsp3) is 0.667. The van der Waals surface area contributed by atoms with Crippen molar-refractivity contribution >= 4 is 29.0 Å². The zero-order valence-corrected chi connectivity index (χ0v) is 13.4. The minimum atomic E-state index is 0.453. The van der Waals surface area contributed by atoms with E-state index in [0.29, 0.717) is 22.4 Å². The standard InChI is InChI=1S/C15H22Cl2N2/c1-15(2)6-4-12(5-7-15)19(3)14-13(17)8-11(9-16)10-18-14/h8,10,12H,4-7,9H2,1-3H3. The van der Waals surface area contributed by atoms with Gasteiger partial charge in [-0.25, -0.2) is 4.98 Å². The second kappa shape index (κ2) is 5.88. The van der Waals surface area contributed by atoms with E-state index in [1.807, 2.05) is 12.3 Å². The molecule has 1 saturated carbocycles. The first-order chi connectivity index (χ1) is 8.93. The van der Waals surface area contributed by atoms with Gasteiger partial charge in [0.1, 0.15) is 5.82 Å². The first-order valence-corrected chi connectivity index (χ1v) is 7.77. The number of alkyl halides is 1. The van der Waals surface area contributed by atoms with Crippen molar-refractivity contribution < 1.29 is 0 Å². The second-order valence-corrected chi connectivity index (χ2v) is 6.96. The largest absolute Gasteiger partial charge is 0.355 e. The molecule has 0 saturated heterocycles. The van der Waals surface area contributed by atoms with Gasteiger partial charge in [-0.3, -0.25) is 0 Å². The zero-order valence-electron chi connectivity index (χ0n) is 11.9. The monoisotopic (exact) mass is 300 g/mol. The second-order valence-electron chi connectivity index (χ2n) is 6.29. The number of anilines is 1. The van der Waals surface area contributed by atoms with Crippen molar-refractivity contribution in [1.82, 2.24) is 4.98 Å². The predicted molar refractivity (Wildman–Crippen MR) is 83.2 cm³/mol. The third kappa shape index (κ3) is 3.55. The number of halogens is 2. The maximum absolute atomic E-state index is 6.32. The molecule has 106 valence electrons. The summed E-state index contributed by atoms with van der Waals surface area (Å²) in [5.41, 5.74) is 1.45. The molecule has 19 heavy (non-hydrogen) atoms. The van der Waals surface area contributed by atoms with E-state index in [0.717, 1.165) is 11.4 Å². The number of hydrogen-bond donors (Lipinski definition) is 0. The number of nitrogens with zero attached hydrogens (tertiary/aromatic N) is 2. The Hall–Kier alpha value is -0.470. The van der Waals surface area contributed by atoms with Gasteiger partial charge in [-0.05, 0) is 42.7 Å². The molecule has 0 unspecified atom stereocenters. The van der Waals surface area contributed by atoms with E-state index in [2.05, 4.69) is 30.8 Å². The summed E-state index contributed by atoms with van der Waals surface area (Å²) in [4.78, 5) is 6.70. The van der Waals surface area contributed by atoms with E-state index >= 15 is 0 Å². The van der Waals surface area contributed by atoms with E-state index in [4.69, 9.17) is 23.2 Å². The Balaban J connectivity index is 2.10. The smallest absolute Gasteiger partial charge is 0.147 e. The molecule has 4 heteroatoms. The number of rotatable bonds is 3. The van der Waals surface area contributed by atoms with Gasteiger partial charge < -0.3 is 4.90 Å². The Labute approximate surface area is 126 Å². The summed E-state index contributed by atoms with van der Waals surface area (Å²) in [6.07, 6.45) is 6.76. The topological polar surface area (TPSA) is 16.1 Å². The highest BCUT2D eigenvalue weighted by molar-refractivity contribution is 6.33. The Morgan fingerprint density at radius 2 is 2.00 bits per heavy atom. The Morgan fingerprint density at radius 3 is 2.53 bits per heavy atom. The Bertz CT molecular complexity index is 436. The van der Waals surface area contributed by atoms with Crippen LogP contribution in [0.4, 0.5) is 5.82 Å². The van der Waals surface area contributed by atoms with Crippen LogP contribution in [0, 0.1) is 5.41 Å². The Kier molecular flexibility index (Phi) is 4.62. The van der Waals surface area contributed by atoms with Crippen molar-refractivity contribution in [3.05, 3.63) is 22.8 Å². The van der Waals surface area contributed by atoms with Crippen LogP contribution in [0.1, 0.15) is 45.1 Å². The predicted octanol–water partition coefficient (Wildman–Crippen LogP) is 4.88. The van der Waals surface area contributed by atoms with E-state index < -0.39 is 0 Å². The Morgan fingerprint density at radius 1 is 1.37 bits per heavy atom. The van der Waals surface area contributed by atoms with Crippen LogP contribution in [0.2, 0.25) is 5.02 Å². The summed E-state index contributed by atoms with van der Waals surface area (Å²) in [5, 5.41) is 0.700. The van der Waals surface area contributed by atoms with Gasteiger partial charge >= 0.3 is 0 Å². The number of aromatic nitrogens is 1. The summed E-state index contributed by atoms with van der Waals surface area (Å²) in [6.45, 7) is 4.70. The van der Waals surface area contributed by atoms with Crippen LogP contribution in [0.25, 0.3) is 0 Å². The van der Waals surface area contributed by atoms with Crippen molar-refractivity contribution in [3.8, 4) is 0 Å². The van der Waals surface area contributed by atoms with Gasteiger partial charge in [0.25, 0.3) is 0 Å². The molecule has 0 bridgehead atoms. The number of pyridine rings is 1. The molecule has 0 N–H and O–H groups in total. The molecule has 1 aromatic rings. The van der Waals surface area contributed by atoms with Crippen LogP contribution in [0.15, 0.2) is 12.3 Å². The average Bonchev–Trinajstić information content (AvgIpc) is 2.37. The molecule has 2 nitrogen and oxygen atoms in total. The van der Waals surface area contributed by atoms with Crippen LogP contribution in [-0.4, -0.2) is 18.1 Å². The van der Waals surface area contributed by atoms with Gasteiger partial charge in [-0.1, -0.05) is 25.4 Å². The van der Waals surface area contributed by atoms with Gasteiger partial charge in [0.15, 0.2) is 0 Å². The highest BCUT2D eigenvalue weighted by Crippen LogP contribution is 2.38. The van der Waals surface area contributed by atoms with Crippen molar-refractivity contribution in [2.45, 2.75) is 51.5 Å². The molecule has 2 rings (SSSR count). The molecule has 0 aliphatic heterocycles. The molecule has 0 aromatic carbocycles. The van der Waals surface area contributed by atoms with E-state index in [1.165, 1.54) is 25.7 Å². The van der Waals surface area contributed by atoms with Gasteiger partial charge in [-0.2, -0.15) is 0 Å². The van der Waals surface area contributed by atoms with E-state index in [1.54, 1.807) is 0 Å². The molecule has 1 aromatic heterocycles. The third-order valence-electron chi connectivity index (χ3n) is 4.22. The minimum absolute atomic E-state index is 0.453. The molecule has 1 aliphatic rings. The summed E-state index contributed by atoms with van der Waals surface area (Å²) >= 11 is 12.1. The van der Waals surface area contributed by atoms with Gasteiger partial charge in [-0.15, -0.1) is 11.6 Å². The molecular weight excluding hydrogens is 279 g/mol. The first kappa shape index (κ1) is 14.9. The lowest BCUT2D eigenvalue weighted by atomic mass is 9.75. The van der Waals surface area contributed by atoms with Crippen LogP contribution < -0.4 is 4.90 Å². The van der Waals surface area contributed by atoms with Crippen molar-refractivity contribution in [2.75, 3.05) is 11.9 Å². The molecule has 1 heterocycles. The first-order valence-electron chi connectivity index (χ1n) is 6.86. The van der Waals surface area contributed by atoms with Crippen LogP contribution in [0.5, 0.6) is 0 Å². The normalized spacial score (nSPS) is 19.4. The van der Waals surface area contributed by atoms with Gasteiger partial charge in [0, 0.05) is 25.2 Å². The highest BCUT2D eigenvalue weighted by atomic mass is 35.5. The van der Waals surface area contributed by atoms with Crippen molar-refractivity contribution in [1.29, 1.82) is 0 Å². The van der Waals surface area contributed by atoms with Crippen molar-refractivity contribution in [3.63, 3.8) is 0 Å². The third-order valence-corrected chi connectivity index (χ3v) is 4.81. The quantitative estimate of drug-likeness (QED) is 0.740. The number of hydrogen-bond acceptors (Lipinski definition) is 2. The SMILES string of the molecule is CN(c1ncc(CCl)cc1Cl)C1CCC(C)(C)CC1. The average molecular weight is 301 g/mol. The summed E-state index contributed by atoms with van der Waals surface area (Å²) in [7, 11) is 2.09. The van der Waals surface area contributed by atoms with E-state index in [9.17, 15) is 0 Å². The fourth-order valence-electron chi connectivity index (χ4n) is 2.75. The van der Waals surface area contributed by atoms with Crippen molar-refractivity contribution in [2.24, 2.45) is 5.41 Å². The van der Waals surface area contributed by atoms with Gasteiger partial charge in [0.2, 0.25) is 0 Å². The lowest BCUT2D eigenvalue weighted by molar-refractivity contribution is 0.222. The highest BCUT2D eigenvalue weighted by Gasteiger charge is 2.29. The molecule has 1 fully saturated rings. The molecule has 0 atom stereocenters. The fourth-order valence-corrected chi connectivity index (χ4v) is 3.22. The lowest BCUT2D eigenvalue weighted by Gasteiger charge is -2.39. The maximum Gasteiger partial charge on any atom is 0.147 e. The lowest BCUT2D eigenvalue weighted by Crippen LogP contribution is -2.37. The molecule has 0 spiro atoms. The van der Waals surface area contributed by atoms with Gasteiger partial charge in [0.05, 0.1) is 5.02 Å². The maximum atomic E-state index is 6.32. The molecule has 0 radical (unpaired) electrons. The summed E-state index contributed by atoms with van der Waals surface area (Å²) in [6, 6.07) is 2.46. The molecular formula is C15H22Cl2N2. The van der Waals surface area contributed by atoms with E-state index in [-0.39, 0.29) is 0 Å². The molecule has 1 aliphatic carbocycles. The van der Waals surface area contributed by atoms with Crippen LogP contribution in [-0.2, 0) is 5.88 Å².